The van der Waals surface area contributed by atoms with Gasteiger partial charge in [0.2, 0.25) is 0 Å². The van der Waals surface area contributed by atoms with E-state index in [0.29, 0.717) is 12.3 Å². The number of hydrogen-bond acceptors (Lipinski definition) is 2. The van der Waals surface area contributed by atoms with Crippen molar-refractivity contribution >= 4 is 11.6 Å². The number of halogens is 2. The van der Waals surface area contributed by atoms with E-state index in [0.717, 1.165) is 16.1 Å². The molecular formula is C17H19ClFNO. The van der Waals surface area contributed by atoms with Crippen molar-refractivity contribution in [3.8, 4) is 5.75 Å². The molecule has 0 aliphatic heterocycles. The van der Waals surface area contributed by atoms with Crippen molar-refractivity contribution in [2.75, 3.05) is 7.11 Å². The molecule has 1 N–H and O–H groups in total. The number of nitrogens with one attached hydrogen (secondary N) is 1. The smallest absolute Gasteiger partial charge is 0.123 e. The van der Waals surface area contributed by atoms with Gasteiger partial charge in [0, 0.05) is 23.2 Å². The molecule has 2 aromatic rings. The quantitative estimate of drug-likeness (QED) is 0.868. The highest BCUT2D eigenvalue weighted by atomic mass is 35.5. The zero-order valence-corrected chi connectivity index (χ0v) is 13.2. The van der Waals surface area contributed by atoms with Crippen LogP contribution in [0.15, 0.2) is 36.4 Å². The van der Waals surface area contributed by atoms with Crippen LogP contribution in [0.5, 0.6) is 5.75 Å². The Morgan fingerprint density at radius 2 is 2.00 bits per heavy atom. The number of ether oxygens (including phenoxy) is 1. The largest absolute Gasteiger partial charge is 0.496 e. The van der Waals surface area contributed by atoms with E-state index in [2.05, 4.69) is 5.32 Å². The van der Waals surface area contributed by atoms with Gasteiger partial charge in [-0.15, -0.1) is 0 Å². The lowest BCUT2D eigenvalue weighted by molar-refractivity contribution is 0.399. The minimum absolute atomic E-state index is 0.0225. The zero-order valence-electron chi connectivity index (χ0n) is 12.4. The molecule has 4 heteroatoms. The van der Waals surface area contributed by atoms with Crippen LogP contribution in [0.3, 0.4) is 0 Å². The number of hydrogen-bond donors (Lipinski definition) is 1. The fourth-order valence-electron chi connectivity index (χ4n) is 2.27. The van der Waals surface area contributed by atoms with E-state index in [1.165, 1.54) is 17.7 Å². The summed E-state index contributed by atoms with van der Waals surface area (Å²) in [4.78, 5) is 0. The third-order valence-corrected chi connectivity index (χ3v) is 3.80. The Hall–Kier alpha value is -1.58. The molecule has 0 spiro atoms. The van der Waals surface area contributed by atoms with Gasteiger partial charge in [-0.05, 0) is 55.3 Å². The van der Waals surface area contributed by atoms with E-state index in [9.17, 15) is 4.39 Å². The van der Waals surface area contributed by atoms with E-state index < -0.39 is 0 Å². The van der Waals surface area contributed by atoms with Crippen LogP contribution in [0.4, 0.5) is 4.39 Å². The zero-order chi connectivity index (χ0) is 15.4. The summed E-state index contributed by atoms with van der Waals surface area (Å²) in [7, 11) is 1.59. The minimum atomic E-state index is -0.262. The number of rotatable bonds is 5. The van der Waals surface area contributed by atoms with Crippen LogP contribution < -0.4 is 10.1 Å². The van der Waals surface area contributed by atoms with E-state index in [4.69, 9.17) is 16.3 Å². The molecule has 0 fully saturated rings. The summed E-state index contributed by atoms with van der Waals surface area (Å²) in [6, 6.07) is 10.3. The maximum Gasteiger partial charge on any atom is 0.123 e. The van der Waals surface area contributed by atoms with Gasteiger partial charge in [0.05, 0.1) is 7.11 Å². The van der Waals surface area contributed by atoms with Crippen molar-refractivity contribution < 1.29 is 9.13 Å². The summed E-state index contributed by atoms with van der Waals surface area (Å²) in [5.41, 5.74) is 3.11. The van der Waals surface area contributed by atoms with Crippen molar-refractivity contribution in [2.24, 2.45) is 0 Å². The van der Waals surface area contributed by atoms with E-state index in [-0.39, 0.29) is 11.9 Å². The van der Waals surface area contributed by atoms with Crippen molar-refractivity contribution in [3.63, 3.8) is 0 Å². The van der Waals surface area contributed by atoms with Gasteiger partial charge in [0.25, 0.3) is 0 Å². The molecule has 0 radical (unpaired) electrons. The Bertz CT molecular complexity index is 630. The summed E-state index contributed by atoms with van der Waals surface area (Å²) in [5.74, 6) is 0.423. The van der Waals surface area contributed by atoms with Gasteiger partial charge < -0.3 is 10.1 Å². The summed E-state index contributed by atoms with van der Waals surface area (Å²) in [6.45, 7) is 4.70. The second kappa shape index (κ2) is 6.92. The summed E-state index contributed by atoms with van der Waals surface area (Å²) >= 11 is 5.95. The van der Waals surface area contributed by atoms with Crippen LogP contribution in [-0.4, -0.2) is 7.11 Å². The Morgan fingerprint density at radius 3 is 2.67 bits per heavy atom. The van der Waals surface area contributed by atoms with Gasteiger partial charge in [0.15, 0.2) is 0 Å². The lowest BCUT2D eigenvalue weighted by Crippen LogP contribution is -2.19. The molecular weight excluding hydrogens is 289 g/mol. The molecule has 2 nitrogen and oxygen atoms in total. The lowest BCUT2D eigenvalue weighted by atomic mass is 10.1. The van der Waals surface area contributed by atoms with Gasteiger partial charge in [-0.25, -0.2) is 4.39 Å². The molecule has 21 heavy (non-hydrogen) atoms. The summed E-state index contributed by atoms with van der Waals surface area (Å²) in [6.07, 6.45) is 0. The van der Waals surface area contributed by atoms with Crippen LogP contribution in [0.2, 0.25) is 5.02 Å². The minimum Gasteiger partial charge on any atom is -0.496 e. The molecule has 0 amide bonds. The van der Waals surface area contributed by atoms with Crippen LogP contribution in [-0.2, 0) is 6.54 Å². The van der Waals surface area contributed by atoms with Crippen LogP contribution in [0.25, 0.3) is 0 Å². The highest BCUT2D eigenvalue weighted by molar-refractivity contribution is 6.30. The highest BCUT2D eigenvalue weighted by Gasteiger charge is 2.12. The Kier molecular flexibility index (Phi) is 5.21. The van der Waals surface area contributed by atoms with Gasteiger partial charge in [-0.1, -0.05) is 17.7 Å². The third-order valence-electron chi connectivity index (χ3n) is 3.56. The van der Waals surface area contributed by atoms with Crippen LogP contribution >= 0.6 is 11.6 Å². The summed E-state index contributed by atoms with van der Waals surface area (Å²) < 4.78 is 18.7. The maximum absolute atomic E-state index is 13.4. The van der Waals surface area contributed by atoms with Gasteiger partial charge in [0.1, 0.15) is 11.6 Å². The average Bonchev–Trinajstić information content (AvgIpc) is 2.46. The first-order chi connectivity index (χ1) is 10.0. The van der Waals surface area contributed by atoms with Crippen molar-refractivity contribution in [1.29, 1.82) is 0 Å². The van der Waals surface area contributed by atoms with E-state index in [1.54, 1.807) is 13.2 Å². The van der Waals surface area contributed by atoms with Crippen molar-refractivity contribution in [2.45, 2.75) is 26.4 Å². The van der Waals surface area contributed by atoms with Gasteiger partial charge >= 0.3 is 0 Å². The van der Waals surface area contributed by atoms with Crippen molar-refractivity contribution in [1.82, 2.24) is 5.32 Å². The van der Waals surface area contributed by atoms with Gasteiger partial charge in [-0.3, -0.25) is 0 Å². The molecule has 0 saturated carbocycles. The lowest BCUT2D eigenvalue weighted by Gasteiger charge is -2.18. The Morgan fingerprint density at radius 1 is 1.24 bits per heavy atom. The number of aryl methyl sites for hydroxylation is 1. The fourth-order valence-corrected chi connectivity index (χ4v) is 2.50. The molecule has 2 rings (SSSR count). The maximum atomic E-state index is 13.4. The van der Waals surface area contributed by atoms with Crippen molar-refractivity contribution in [3.05, 3.63) is 63.9 Å². The average molecular weight is 308 g/mol. The fraction of sp³-hybridized carbons (Fsp3) is 0.294. The molecule has 0 aromatic heterocycles. The van der Waals surface area contributed by atoms with E-state index in [1.807, 2.05) is 32.0 Å². The molecule has 0 aliphatic rings. The highest BCUT2D eigenvalue weighted by Crippen LogP contribution is 2.26. The number of benzene rings is 2. The standard InChI is InChI=1S/C17H19ClFNO/c1-11-8-14(18)5-4-13(11)10-20-12(2)16-9-15(19)6-7-17(16)21-3/h4-9,12,20H,10H2,1-3H3. The molecule has 0 bridgehead atoms. The first-order valence-electron chi connectivity index (χ1n) is 6.83. The molecule has 0 aliphatic carbocycles. The Labute approximate surface area is 129 Å². The predicted molar refractivity (Wildman–Crippen MR) is 84.4 cm³/mol. The second-order valence-electron chi connectivity index (χ2n) is 5.06. The van der Waals surface area contributed by atoms with Crippen LogP contribution in [0.1, 0.15) is 29.7 Å². The number of methoxy groups -OCH3 is 1. The molecule has 0 saturated heterocycles. The van der Waals surface area contributed by atoms with Crippen LogP contribution in [0, 0.1) is 12.7 Å². The first-order valence-corrected chi connectivity index (χ1v) is 7.21. The van der Waals surface area contributed by atoms with Gasteiger partial charge in [-0.2, -0.15) is 0 Å². The molecule has 112 valence electrons. The Balaban J connectivity index is 2.11. The SMILES string of the molecule is COc1ccc(F)cc1C(C)NCc1ccc(Cl)cc1C. The first kappa shape index (κ1) is 15.8. The molecule has 0 heterocycles. The second-order valence-corrected chi connectivity index (χ2v) is 5.50. The topological polar surface area (TPSA) is 21.3 Å². The molecule has 1 atom stereocenters. The summed E-state index contributed by atoms with van der Waals surface area (Å²) in [5, 5.41) is 4.12. The molecule has 1 unspecified atom stereocenters. The predicted octanol–water partition coefficient (Wildman–Crippen LogP) is 4.65. The molecule has 2 aromatic carbocycles. The normalized spacial score (nSPS) is 12.2. The van der Waals surface area contributed by atoms with E-state index >= 15 is 0 Å². The monoisotopic (exact) mass is 307 g/mol. The third kappa shape index (κ3) is 3.96.